The summed E-state index contributed by atoms with van der Waals surface area (Å²) in [7, 11) is 1.22. The van der Waals surface area contributed by atoms with Gasteiger partial charge in [0.05, 0.1) is 7.11 Å². The van der Waals surface area contributed by atoms with Gasteiger partial charge in [0, 0.05) is 0 Å². The van der Waals surface area contributed by atoms with Gasteiger partial charge in [-0.3, -0.25) is 4.79 Å². The van der Waals surface area contributed by atoms with Crippen molar-refractivity contribution in [1.82, 2.24) is 0 Å². The first-order chi connectivity index (χ1) is 3.72. The maximum absolute atomic E-state index is 11.5. The maximum Gasteiger partial charge on any atom is 0.315 e. The highest BCUT2D eigenvalue weighted by molar-refractivity contribution is 5.84. The Morgan fingerprint density at radius 1 is 1.75 bits per heavy atom. The summed E-state index contributed by atoms with van der Waals surface area (Å²) in [6.07, 6.45) is 0. The Morgan fingerprint density at radius 3 is 2.38 bits per heavy atom. The van der Waals surface area contributed by atoms with Crippen LogP contribution in [0.15, 0.2) is 0 Å². The van der Waals surface area contributed by atoms with Crippen LogP contribution in [-0.2, 0) is 9.53 Å². The predicted molar refractivity (Wildman–Crippen MR) is 26.9 cm³/mol. The number of alkyl halides is 1. The van der Waals surface area contributed by atoms with Crippen molar-refractivity contribution < 1.29 is 13.9 Å². The molecule has 0 rings (SSSR count). The van der Waals surface area contributed by atoms with E-state index < -0.39 is 12.6 Å². The second-order valence-corrected chi connectivity index (χ2v) is 1.41. The molecule has 1 radical (unpaired) electrons. The minimum absolute atomic E-state index is 0.104. The van der Waals surface area contributed by atoms with Gasteiger partial charge in [0.1, 0.15) is 12.6 Å². The van der Waals surface area contributed by atoms with Gasteiger partial charge in [0.2, 0.25) is 0 Å². The van der Waals surface area contributed by atoms with Crippen molar-refractivity contribution in [2.75, 3.05) is 13.8 Å². The zero-order valence-electron chi connectivity index (χ0n) is 4.90. The molecule has 8 heavy (non-hydrogen) atoms. The van der Waals surface area contributed by atoms with Gasteiger partial charge in [-0.1, -0.05) is 0 Å². The van der Waals surface area contributed by atoms with Crippen molar-refractivity contribution >= 4 is 5.97 Å². The third kappa shape index (κ3) is 1.91. The monoisotopic (exact) mass is 119 g/mol. The number of carbonyl (C=O) groups is 1. The smallest absolute Gasteiger partial charge is 0.315 e. The van der Waals surface area contributed by atoms with Crippen molar-refractivity contribution in [3.63, 3.8) is 0 Å². The summed E-state index contributed by atoms with van der Waals surface area (Å²) >= 11 is 0. The standard InChI is InChI=1S/C5H8FO2/c1-4(3-6)5(7)8-2/h3H2,1-2H3. The van der Waals surface area contributed by atoms with Gasteiger partial charge in [-0.2, -0.15) is 0 Å². The van der Waals surface area contributed by atoms with Gasteiger partial charge in [-0.25, -0.2) is 4.39 Å². The summed E-state index contributed by atoms with van der Waals surface area (Å²) < 4.78 is 15.7. The number of esters is 1. The van der Waals surface area contributed by atoms with Crippen LogP contribution in [0.5, 0.6) is 0 Å². The number of hydrogen-bond donors (Lipinski definition) is 0. The second kappa shape index (κ2) is 3.41. The van der Waals surface area contributed by atoms with E-state index in [0.29, 0.717) is 0 Å². The highest BCUT2D eigenvalue weighted by Crippen LogP contribution is 1.99. The number of rotatable bonds is 2. The molecule has 0 fully saturated rings. The van der Waals surface area contributed by atoms with Crippen molar-refractivity contribution in [2.45, 2.75) is 6.92 Å². The summed E-state index contributed by atoms with van der Waals surface area (Å²) in [5.74, 6) is -0.472. The topological polar surface area (TPSA) is 26.3 Å². The Bertz CT molecular complexity index is 82.5. The van der Waals surface area contributed by atoms with Gasteiger partial charge < -0.3 is 4.74 Å². The third-order valence-electron chi connectivity index (χ3n) is 0.734. The van der Waals surface area contributed by atoms with Crippen LogP contribution in [0, 0.1) is 5.92 Å². The Labute approximate surface area is 47.6 Å². The fourth-order valence-corrected chi connectivity index (χ4v) is 0.229. The van der Waals surface area contributed by atoms with E-state index in [1.54, 1.807) is 0 Å². The molecule has 0 spiro atoms. The number of ether oxygens (including phenoxy) is 1. The fourth-order valence-electron chi connectivity index (χ4n) is 0.229. The minimum Gasteiger partial charge on any atom is -0.468 e. The SMILES string of the molecule is COC(=O)[C](C)CF. The number of methoxy groups -OCH3 is 1. The zero-order valence-corrected chi connectivity index (χ0v) is 4.90. The molecular weight excluding hydrogens is 111 g/mol. The molecule has 0 unspecified atom stereocenters. The van der Waals surface area contributed by atoms with Crippen molar-refractivity contribution in [3.05, 3.63) is 5.92 Å². The van der Waals surface area contributed by atoms with E-state index in [9.17, 15) is 9.18 Å². The second-order valence-electron chi connectivity index (χ2n) is 1.41. The lowest BCUT2D eigenvalue weighted by Gasteiger charge is -1.99. The molecule has 0 aliphatic heterocycles. The van der Waals surface area contributed by atoms with Crippen LogP contribution < -0.4 is 0 Å². The van der Waals surface area contributed by atoms with E-state index in [1.807, 2.05) is 0 Å². The van der Waals surface area contributed by atoms with Crippen LogP contribution in [0.4, 0.5) is 4.39 Å². The summed E-state index contributed by atoms with van der Waals surface area (Å²) in [5.41, 5.74) is 0. The van der Waals surface area contributed by atoms with Crippen LogP contribution >= 0.6 is 0 Å². The van der Waals surface area contributed by atoms with E-state index in [-0.39, 0.29) is 5.92 Å². The van der Waals surface area contributed by atoms with Gasteiger partial charge in [0.25, 0.3) is 0 Å². The molecule has 0 N–H and O–H groups in total. The zero-order chi connectivity index (χ0) is 6.57. The van der Waals surface area contributed by atoms with Crippen molar-refractivity contribution in [2.24, 2.45) is 0 Å². The molecule has 0 aliphatic rings. The first kappa shape index (κ1) is 7.40. The third-order valence-corrected chi connectivity index (χ3v) is 0.734. The lowest BCUT2D eigenvalue weighted by molar-refractivity contribution is -0.138. The first-order valence-electron chi connectivity index (χ1n) is 2.19. The van der Waals surface area contributed by atoms with Crippen LogP contribution in [0.2, 0.25) is 0 Å². The van der Waals surface area contributed by atoms with Crippen molar-refractivity contribution in [1.29, 1.82) is 0 Å². The molecule has 0 amide bonds. The van der Waals surface area contributed by atoms with Crippen molar-refractivity contribution in [3.8, 4) is 0 Å². The lowest BCUT2D eigenvalue weighted by atomic mass is 10.2. The first-order valence-corrected chi connectivity index (χ1v) is 2.19. The minimum atomic E-state index is -0.729. The predicted octanol–water partition coefficient (Wildman–Crippen LogP) is 0.723. The molecule has 0 atom stereocenters. The molecule has 0 bridgehead atoms. The Morgan fingerprint density at radius 2 is 2.25 bits per heavy atom. The normalized spacial score (nSPS) is 9.50. The quantitative estimate of drug-likeness (QED) is 0.501. The molecule has 0 aromatic rings. The Hall–Kier alpha value is -0.600. The van der Waals surface area contributed by atoms with Crippen LogP contribution in [-0.4, -0.2) is 19.8 Å². The molecule has 47 valence electrons. The van der Waals surface area contributed by atoms with Gasteiger partial charge in [-0.15, -0.1) is 0 Å². The summed E-state index contributed by atoms with van der Waals surface area (Å²) in [5, 5.41) is 0. The van der Waals surface area contributed by atoms with E-state index in [4.69, 9.17) is 0 Å². The highest BCUT2D eigenvalue weighted by atomic mass is 19.1. The molecule has 0 aromatic carbocycles. The molecule has 0 saturated carbocycles. The average Bonchev–Trinajstić information content (AvgIpc) is 1.84. The van der Waals surface area contributed by atoms with E-state index in [1.165, 1.54) is 14.0 Å². The molecule has 3 heteroatoms. The average molecular weight is 119 g/mol. The molecule has 0 aromatic heterocycles. The Balaban J connectivity index is 3.46. The van der Waals surface area contributed by atoms with E-state index in [2.05, 4.69) is 4.74 Å². The number of halogens is 1. The van der Waals surface area contributed by atoms with Crippen LogP contribution in [0.3, 0.4) is 0 Å². The molecule has 0 aliphatic carbocycles. The number of carbonyl (C=O) groups excluding carboxylic acids is 1. The molecular formula is C5H8FO2. The molecule has 0 saturated heterocycles. The highest BCUT2D eigenvalue weighted by Gasteiger charge is 2.11. The van der Waals surface area contributed by atoms with Gasteiger partial charge in [-0.05, 0) is 6.92 Å². The summed E-state index contributed by atoms with van der Waals surface area (Å²) in [6.45, 7) is 0.665. The summed E-state index contributed by atoms with van der Waals surface area (Å²) in [6, 6.07) is 0. The van der Waals surface area contributed by atoms with Gasteiger partial charge in [0.15, 0.2) is 0 Å². The largest absolute Gasteiger partial charge is 0.468 e. The number of hydrogen-bond acceptors (Lipinski definition) is 2. The maximum atomic E-state index is 11.5. The molecule has 2 nitrogen and oxygen atoms in total. The van der Waals surface area contributed by atoms with Gasteiger partial charge >= 0.3 is 5.97 Å². The van der Waals surface area contributed by atoms with E-state index >= 15 is 0 Å². The lowest BCUT2D eigenvalue weighted by Crippen LogP contribution is -2.11. The fraction of sp³-hybridized carbons (Fsp3) is 0.600. The molecule has 0 heterocycles. The Kier molecular flexibility index (Phi) is 3.15. The van der Waals surface area contributed by atoms with E-state index in [0.717, 1.165) is 0 Å². The summed E-state index contributed by atoms with van der Waals surface area (Å²) in [4.78, 5) is 10.2. The van der Waals surface area contributed by atoms with Crippen LogP contribution in [0.1, 0.15) is 6.92 Å². The van der Waals surface area contributed by atoms with Crippen LogP contribution in [0.25, 0.3) is 0 Å².